The molecule has 1 unspecified atom stereocenters. The van der Waals surface area contributed by atoms with Gasteiger partial charge in [0.2, 0.25) is 5.91 Å². The number of fused-ring (bicyclic) bond motifs is 1. The number of rotatable bonds is 5. The number of carbonyl (C=O) groups is 1. The van der Waals surface area contributed by atoms with E-state index in [1.807, 2.05) is 20.2 Å². The molecular formula is C25H33N3O2. The third-order valence-electron chi connectivity index (χ3n) is 6.67. The number of amides is 1. The molecule has 1 saturated heterocycles. The second-order valence-electron chi connectivity index (χ2n) is 9.44. The number of benzene rings is 1. The first-order chi connectivity index (χ1) is 14.3. The predicted molar refractivity (Wildman–Crippen MR) is 123 cm³/mol. The van der Waals surface area contributed by atoms with Crippen LogP contribution in [0.15, 0.2) is 42.1 Å². The Labute approximate surface area is 179 Å². The van der Waals surface area contributed by atoms with Crippen LogP contribution in [0, 0.1) is 11.3 Å². The fourth-order valence-corrected chi connectivity index (χ4v) is 4.64. The summed E-state index contributed by atoms with van der Waals surface area (Å²) in [5, 5.41) is 4.54. The first-order valence-corrected chi connectivity index (χ1v) is 10.9. The monoisotopic (exact) mass is 407 g/mol. The molecule has 4 rings (SSSR count). The Balaban J connectivity index is 1.60. The van der Waals surface area contributed by atoms with Crippen LogP contribution in [0.1, 0.15) is 45.2 Å². The van der Waals surface area contributed by atoms with Gasteiger partial charge >= 0.3 is 0 Å². The lowest BCUT2D eigenvalue weighted by Gasteiger charge is -2.33. The molecule has 2 aromatic rings. The van der Waals surface area contributed by atoms with Gasteiger partial charge in [0.25, 0.3) is 0 Å². The van der Waals surface area contributed by atoms with Gasteiger partial charge in [0.15, 0.2) is 0 Å². The van der Waals surface area contributed by atoms with Crippen LogP contribution in [0.2, 0.25) is 0 Å². The van der Waals surface area contributed by atoms with Crippen molar-refractivity contribution in [3.05, 3.63) is 47.8 Å². The third kappa shape index (κ3) is 3.91. The van der Waals surface area contributed by atoms with Gasteiger partial charge in [-0.2, -0.15) is 0 Å². The molecule has 1 fully saturated rings. The molecule has 160 valence electrons. The zero-order valence-corrected chi connectivity index (χ0v) is 18.6. The number of hydrogen-bond acceptors (Lipinski definition) is 3. The van der Waals surface area contributed by atoms with E-state index < -0.39 is 0 Å². The second kappa shape index (κ2) is 7.95. The van der Waals surface area contributed by atoms with E-state index in [1.54, 1.807) is 4.90 Å². The summed E-state index contributed by atoms with van der Waals surface area (Å²) in [4.78, 5) is 18.0. The molecule has 30 heavy (non-hydrogen) atoms. The smallest absolute Gasteiger partial charge is 0.232 e. The van der Waals surface area contributed by atoms with Crippen molar-refractivity contribution in [3.63, 3.8) is 0 Å². The molecule has 1 amide bonds. The molecule has 5 nitrogen and oxygen atoms in total. The van der Waals surface area contributed by atoms with E-state index in [-0.39, 0.29) is 11.8 Å². The van der Waals surface area contributed by atoms with Crippen molar-refractivity contribution in [2.24, 2.45) is 11.3 Å². The fraction of sp³-hybridized carbons (Fsp3) is 0.480. The van der Waals surface area contributed by atoms with Gasteiger partial charge in [-0.05, 0) is 60.4 Å². The standard InChI is InChI=1S/C25H33N3O2/c1-16(20-8-10-25(2,3)14-23(20)26-4)21-12-17-6-7-19(13-22(17)27-21)28(5)24(29)18-9-11-30-15-18/h6-7,12-13,18,26-27H,1,8-11,14-15H2,2-5H3. The van der Waals surface area contributed by atoms with Crippen molar-refractivity contribution in [2.45, 2.75) is 39.5 Å². The van der Waals surface area contributed by atoms with Gasteiger partial charge in [0.1, 0.15) is 0 Å². The highest BCUT2D eigenvalue weighted by Crippen LogP contribution is 2.42. The van der Waals surface area contributed by atoms with Crippen molar-refractivity contribution < 1.29 is 9.53 Å². The summed E-state index contributed by atoms with van der Waals surface area (Å²) < 4.78 is 5.38. The van der Waals surface area contributed by atoms with Crippen LogP contribution in [0.25, 0.3) is 16.5 Å². The number of aromatic amines is 1. The highest BCUT2D eigenvalue weighted by Gasteiger charge is 2.29. The zero-order valence-electron chi connectivity index (χ0n) is 18.6. The minimum Gasteiger partial charge on any atom is -0.391 e. The van der Waals surface area contributed by atoms with E-state index in [9.17, 15) is 4.79 Å². The van der Waals surface area contributed by atoms with Crippen LogP contribution in [0.5, 0.6) is 0 Å². The maximum absolute atomic E-state index is 12.7. The van der Waals surface area contributed by atoms with E-state index >= 15 is 0 Å². The number of allylic oxidation sites excluding steroid dienone is 3. The van der Waals surface area contributed by atoms with E-state index in [2.05, 4.69) is 48.9 Å². The number of nitrogens with zero attached hydrogens (tertiary/aromatic N) is 1. The van der Waals surface area contributed by atoms with Crippen molar-refractivity contribution in [1.82, 2.24) is 10.3 Å². The van der Waals surface area contributed by atoms with Crippen molar-refractivity contribution >= 4 is 28.1 Å². The summed E-state index contributed by atoms with van der Waals surface area (Å²) in [6.07, 6.45) is 4.04. The topological polar surface area (TPSA) is 57.4 Å². The number of aromatic nitrogens is 1. The fourth-order valence-electron chi connectivity index (χ4n) is 4.64. The summed E-state index contributed by atoms with van der Waals surface area (Å²) in [5.74, 6) is 0.0869. The van der Waals surface area contributed by atoms with Gasteiger partial charge in [-0.25, -0.2) is 0 Å². The number of H-pyrrole nitrogens is 1. The van der Waals surface area contributed by atoms with Gasteiger partial charge in [0.05, 0.1) is 12.5 Å². The molecule has 0 saturated carbocycles. The molecule has 0 spiro atoms. The quantitative estimate of drug-likeness (QED) is 0.744. The summed E-state index contributed by atoms with van der Waals surface area (Å²) >= 11 is 0. The Kier molecular flexibility index (Phi) is 5.49. The normalized spacial score (nSPS) is 21.1. The van der Waals surface area contributed by atoms with E-state index in [0.717, 1.165) is 53.5 Å². The van der Waals surface area contributed by atoms with Crippen LogP contribution in [-0.2, 0) is 9.53 Å². The summed E-state index contributed by atoms with van der Waals surface area (Å²) in [6.45, 7) is 10.3. The van der Waals surface area contributed by atoms with E-state index in [0.29, 0.717) is 18.6 Å². The van der Waals surface area contributed by atoms with Crippen LogP contribution < -0.4 is 10.2 Å². The van der Waals surface area contributed by atoms with Crippen LogP contribution in [0.4, 0.5) is 5.69 Å². The Morgan fingerprint density at radius 3 is 2.83 bits per heavy atom. The molecular weight excluding hydrogens is 374 g/mol. The Morgan fingerprint density at radius 1 is 1.33 bits per heavy atom. The van der Waals surface area contributed by atoms with Gasteiger partial charge in [-0.1, -0.05) is 26.5 Å². The Bertz CT molecular complexity index is 1010. The highest BCUT2D eigenvalue weighted by molar-refractivity contribution is 5.97. The zero-order chi connectivity index (χ0) is 21.5. The van der Waals surface area contributed by atoms with Gasteiger partial charge in [-0.3, -0.25) is 4.79 Å². The SMILES string of the molecule is C=C(C1=C(NC)CC(C)(C)CC1)c1cc2ccc(N(C)C(=O)C3CCOC3)cc2[nH]1. The average Bonchev–Trinajstić information content (AvgIpc) is 3.40. The second-order valence-corrected chi connectivity index (χ2v) is 9.44. The minimum atomic E-state index is -0.0351. The van der Waals surface area contributed by atoms with Crippen molar-refractivity contribution in [1.29, 1.82) is 0 Å². The van der Waals surface area contributed by atoms with E-state index in [1.165, 1.54) is 11.3 Å². The summed E-state index contributed by atoms with van der Waals surface area (Å²) in [5.41, 5.74) is 6.94. The molecule has 2 aliphatic rings. The number of carbonyl (C=O) groups excluding carboxylic acids is 1. The molecule has 1 aliphatic carbocycles. The first-order valence-electron chi connectivity index (χ1n) is 10.9. The van der Waals surface area contributed by atoms with Crippen LogP contribution in [-0.4, -0.2) is 38.2 Å². The highest BCUT2D eigenvalue weighted by atomic mass is 16.5. The average molecular weight is 408 g/mol. The molecule has 2 N–H and O–H groups in total. The maximum Gasteiger partial charge on any atom is 0.232 e. The largest absolute Gasteiger partial charge is 0.391 e. The lowest BCUT2D eigenvalue weighted by atomic mass is 9.75. The number of ether oxygens (including phenoxy) is 1. The van der Waals surface area contributed by atoms with Gasteiger partial charge in [0, 0.05) is 48.7 Å². The predicted octanol–water partition coefficient (Wildman–Crippen LogP) is 4.86. The molecule has 0 bridgehead atoms. The molecule has 2 heterocycles. The molecule has 1 aromatic carbocycles. The number of anilines is 1. The van der Waals surface area contributed by atoms with Crippen molar-refractivity contribution in [2.75, 3.05) is 32.2 Å². The molecule has 5 heteroatoms. The molecule has 1 atom stereocenters. The summed E-state index contributed by atoms with van der Waals surface area (Å²) in [6, 6.07) is 8.30. The minimum absolute atomic E-state index is 0.0351. The summed E-state index contributed by atoms with van der Waals surface area (Å²) in [7, 11) is 3.85. The Morgan fingerprint density at radius 2 is 2.13 bits per heavy atom. The van der Waals surface area contributed by atoms with Gasteiger partial charge in [-0.15, -0.1) is 0 Å². The lowest BCUT2D eigenvalue weighted by molar-refractivity contribution is -0.122. The first kappa shape index (κ1) is 20.7. The van der Waals surface area contributed by atoms with Crippen molar-refractivity contribution in [3.8, 4) is 0 Å². The van der Waals surface area contributed by atoms with Crippen LogP contribution in [0.3, 0.4) is 0 Å². The number of hydrogen-bond donors (Lipinski definition) is 2. The maximum atomic E-state index is 12.7. The Hall–Kier alpha value is -2.53. The van der Waals surface area contributed by atoms with E-state index in [4.69, 9.17) is 4.74 Å². The molecule has 1 aliphatic heterocycles. The lowest BCUT2D eigenvalue weighted by Crippen LogP contribution is -2.33. The number of nitrogens with one attached hydrogen (secondary N) is 2. The third-order valence-corrected chi connectivity index (χ3v) is 6.67. The van der Waals surface area contributed by atoms with Gasteiger partial charge < -0.3 is 19.9 Å². The molecule has 1 aromatic heterocycles. The van der Waals surface area contributed by atoms with Crippen LogP contribution >= 0.6 is 0 Å². The molecule has 0 radical (unpaired) electrons.